The van der Waals surface area contributed by atoms with Crippen LogP contribution in [0.15, 0.2) is 12.1 Å². The molecule has 0 amide bonds. The summed E-state index contributed by atoms with van der Waals surface area (Å²) in [5.41, 5.74) is 0. The summed E-state index contributed by atoms with van der Waals surface area (Å²) in [6, 6.07) is 4.13. The van der Waals surface area contributed by atoms with Gasteiger partial charge in [-0.05, 0) is 37.2 Å². The summed E-state index contributed by atoms with van der Waals surface area (Å²) in [5, 5.41) is 7.12. The highest BCUT2D eigenvalue weighted by atomic mass is 35.5. The molecule has 0 saturated heterocycles. The lowest BCUT2D eigenvalue weighted by atomic mass is 10.2. The summed E-state index contributed by atoms with van der Waals surface area (Å²) >= 11 is 12.7. The van der Waals surface area contributed by atoms with Crippen molar-refractivity contribution in [3.63, 3.8) is 0 Å². The maximum Gasteiger partial charge on any atom is 0.166 e. The fraction of sp³-hybridized carbons (Fsp3) is 0.545. The molecule has 1 rings (SSSR count). The molecule has 1 aromatic heterocycles. The Bertz CT molecular complexity index is 350. The molecule has 1 atom stereocenters. The second kappa shape index (κ2) is 6.42. The van der Waals surface area contributed by atoms with Crippen LogP contribution >= 0.6 is 35.2 Å². The van der Waals surface area contributed by atoms with E-state index in [1.165, 1.54) is 4.88 Å². The summed E-state index contributed by atoms with van der Waals surface area (Å²) in [7, 11) is 0. The molecule has 0 radical (unpaired) electrons. The van der Waals surface area contributed by atoms with Crippen LogP contribution in [0.1, 0.15) is 31.7 Å². The molecule has 90 valence electrons. The van der Waals surface area contributed by atoms with Gasteiger partial charge in [-0.1, -0.05) is 25.4 Å². The molecule has 1 unspecified atom stereocenters. The number of halogens is 1. The minimum atomic E-state index is 0.199. The number of rotatable bonds is 4. The van der Waals surface area contributed by atoms with Crippen LogP contribution in [0, 0.1) is 5.92 Å². The van der Waals surface area contributed by atoms with E-state index in [0.717, 1.165) is 10.9 Å². The van der Waals surface area contributed by atoms with Gasteiger partial charge in [0.2, 0.25) is 0 Å². The Morgan fingerprint density at radius 3 is 2.62 bits per heavy atom. The van der Waals surface area contributed by atoms with Crippen LogP contribution in [0.5, 0.6) is 0 Å². The van der Waals surface area contributed by atoms with E-state index < -0.39 is 0 Å². The first kappa shape index (κ1) is 13.7. The first-order valence-corrected chi connectivity index (χ1v) is 6.89. The van der Waals surface area contributed by atoms with E-state index in [-0.39, 0.29) is 6.04 Å². The fourth-order valence-electron chi connectivity index (χ4n) is 1.18. The number of nitrogens with one attached hydrogen (secondary N) is 2. The quantitative estimate of drug-likeness (QED) is 0.822. The van der Waals surface area contributed by atoms with Gasteiger partial charge in [0.1, 0.15) is 0 Å². The molecule has 16 heavy (non-hydrogen) atoms. The van der Waals surface area contributed by atoms with Crippen LogP contribution in [0.4, 0.5) is 0 Å². The Labute approximate surface area is 111 Å². The largest absolute Gasteiger partial charge is 0.362 e. The van der Waals surface area contributed by atoms with Crippen LogP contribution in [-0.4, -0.2) is 11.7 Å². The van der Waals surface area contributed by atoms with Crippen molar-refractivity contribution < 1.29 is 0 Å². The minimum absolute atomic E-state index is 0.199. The first-order valence-electron chi connectivity index (χ1n) is 5.28. The molecule has 0 spiro atoms. The SMILES string of the molecule is CC(C)CNC(=S)NC(C)c1ccc(Cl)s1. The summed E-state index contributed by atoms with van der Waals surface area (Å²) in [6.07, 6.45) is 0. The highest BCUT2D eigenvalue weighted by Gasteiger charge is 2.09. The Balaban J connectivity index is 2.39. The van der Waals surface area contributed by atoms with Crippen LogP contribution < -0.4 is 10.6 Å². The Morgan fingerprint density at radius 1 is 1.44 bits per heavy atom. The lowest BCUT2D eigenvalue weighted by Crippen LogP contribution is -2.38. The molecule has 0 aliphatic heterocycles. The molecule has 0 saturated carbocycles. The monoisotopic (exact) mass is 276 g/mol. The highest BCUT2D eigenvalue weighted by Crippen LogP contribution is 2.26. The molecule has 2 N–H and O–H groups in total. The summed E-state index contributed by atoms with van der Waals surface area (Å²) < 4.78 is 0.810. The van der Waals surface area contributed by atoms with Crippen molar-refractivity contribution in [1.82, 2.24) is 10.6 Å². The highest BCUT2D eigenvalue weighted by molar-refractivity contribution is 7.80. The van der Waals surface area contributed by atoms with Gasteiger partial charge in [-0.2, -0.15) is 0 Å². The van der Waals surface area contributed by atoms with Gasteiger partial charge in [-0.3, -0.25) is 0 Å². The van der Waals surface area contributed by atoms with Crippen molar-refractivity contribution in [1.29, 1.82) is 0 Å². The Hall–Kier alpha value is -0.320. The molecule has 2 nitrogen and oxygen atoms in total. The predicted octanol–water partition coefficient (Wildman–Crippen LogP) is 3.58. The fourth-order valence-corrected chi connectivity index (χ4v) is 2.50. The van der Waals surface area contributed by atoms with Gasteiger partial charge < -0.3 is 10.6 Å². The zero-order chi connectivity index (χ0) is 12.1. The van der Waals surface area contributed by atoms with Gasteiger partial charge in [-0.25, -0.2) is 0 Å². The van der Waals surface area contributed by atoms with Crippen molar-refractivity contribution in [2.75, 3.05) is 6.54 Å². The van der Waals surface area contributed by atoms with Gasteiger partial charge in [0.25, 0.3) is 0 Å². The molecule has 0 aliphatic rings. The Morgan fingerprint density at radius 2 is 2.12 bits per heavy atom. The molecular formula is C11H17ClN2S2. The molecule has 0 aromatic carbocycles. The number of thiocarbonyl (C=S) groups is 1. The molecule has 1 heterocycles. The van der Waals surface area contributed by atoms with Gasteiger partial charge in [0.15, 0.2) is 5.11 Å². The van der Waals surface area contributed by atoms with Gasteiger partial charge in [0.05, 0.1) is 10.4 Å². The Kier molecular flexibility index (Phi) is 5.52. The van der Waals surface area contributed by atoms with E-state index in [4.69, 9.17) is 23.8 Å². The molecular weight excluding hydrogens is 260 g/mol. The average molecular weight is 277 g/mol. The van der Waals surface area contributed by atoms with Gasteiger partial charge >= 0.3 is 0 Å². The van der Waals surface area contributed by atoms with Crippen LogP contribution in [0.2, 0.25) is 4.34 Å². The smallest absolute Gasteiger partial charge is 0.166 e. The minimum Gasteiger partial charge on any atom is -0.362 e. The summed E-state index contributed by atoms with van der Waals surface area (Å²) in [5.74, 6) is 0.589. The van der Waals surface area contributed by atoms with Crippen molar-refractivity contribution in [2.24, 2.45) is 5.92 Å². The van der Waals surface area contributed by atoms with Crippen LogP contribution in [0.25, 0.3) is 0 Å². The average Bonchev–Trinajstić information content (AvgIpc) is 2.62. The molecule has 0 aliphatic carbocycles. The standard InChI is InChI=1S/C11H17ClN2S2/c1-7(2)6-13-11(15)14-8(3)9-4-5-10(12)16-9/h4-5,7-8H,6H2,1-3H3,(H2,13,14,15). The normalized spacial score (nSPS) is 12.6. The molecule has 0 bridgehead atoms. The van der Waals surface area contributed by atoms with E-state index in [9.17, 15) is 0 Å². The lowest BCUT2D eigenvalue weighted by molar-refractivity contribution is 0.611. The van der Waals surface area contributed by atoms with Crippen molar-refractivity contribution >= 4 is 40.3 Å². The number of hydrogen-bond acceptors (Lipinski definition) is 2. The van der Waals surface area contributed by atoms with E-state index in [1.807, 2.05) is 12.1 Å². The molecule has 5 heteroatoms. The van der Waals surface area contributed by atoms with Crippen molar-refractivity contribution in [2.45, 2.75) is 26.8 Å². The van der Waals surface area contributed by atoms with Crippen LogP contribution in [0.3, 0.4) is 0 Å². The second-order valence-electron chi connectivity index (χ2n) is 4.11. The first-order chi connectivity index (χ1) is 7.49. The maximum atomic E-state index is 5.89. The third-order valence-corrected chi connectivity index (χ3v) is 3.72. The van der Waals surface area contributed by atoms with Crippen molar-refractivity contribution in [3.05, 3.63) is 21.3 Å². The predicted molar refractivity (Wildman–Crippen MR) is 76.3 cm³/mol. The van der Waals surface area contributed by atoms with E-state index in [0.29, 0.717) is 11.0 Å². The third kappa shape index (κ3) is 4.68. The van der Waals surface area contributed by atoms with E-state index in [2.05, 4.69) is 31.4 Å². The maximum absolute atomic E-state index is 5.89. The summed E-state index contributed by atoms with van der Waals surface area (Å²) in [6.45, 7) is 7.27. The third-order valence-electron chi connectivity index (χ3n) is 2.04. The molecule has 1 aromatic rings. The zero-order valence-electron chi connectivity index (χ0n) is 9.71. The summed E-state index contributed by atoms with van der Waals surface area (Å²) in [4.78, 5) is 1.19. The number of thiophene rings is 1. The molecule has 0 fully saturated rings. The van der Waals surface area contributed by atoms with E-state index in [1.54, 1.807) is 11.3 Å². The van der Waals surface area contributed by atoms with E-state index >= 15 is 0 Å². The lowest BCUT2D eigenvalue weighted by Gasteiger charge is -2.16. The van der Waals surface area contributed by atoms with Gasteiger partial charge in [-0.15, -0.1) is 11.3 Å². The number of hydrogen-bond donors (Lipinski definition) is 2. The topological polar surface area (TPSA) is 24.1 Å². The van der Waals surface area contributed by atoms with Crippen LogP contribution in [-0.2, 0) is 0 Å². The van der Waals surface area contributed by atoms with Crippen molar-refractivity contribution in [3.8, 4) is 0 Å². The zero-order valence-corrected chi connectivity index (χ0v) is 12.1. The van der Waals surface area contributed by atoms with Gasteiger partial charge in [0, 0.05) is 11.4 Å². The second-order valence-corrected chi connectivity index (χ2v) is 6.27.